The molecule has 0 N–H and O–H groups in total. The highest BCUT2D eigenvalue weighted by Gasteiger charge is 2.29. The molecule has 1 aliphatic heterocycles. The zero-order valence-electron chi connectivity index (χ0n) is 12.9. The molecule has 1 heterocycles. The fourth-order valence-electron chi connectivity index (χ4n) is 3.65. The summed E-state index contributed by atoms with van der Waals surface area (Å²) in [5.41, 5.74) is 0. The van der Waals surface area contributed by atoms with Crippen LogP contribution in [0.25, 0.3) is 0 Å². The van der Waals surface area contributed by atoms with Crippen molar-refractivity contribution in [1.29, 1.82) is 0 Å². The Hall–Kier alpha value is -0.570. The summed E-state index contributed by atoms with van der Waals surface area (Å²) in [4.78, 5) is 16.7. The first-order valence-electron chi connectivity index (χ1n) is 8.10. The van der Waals surface area contributed by atoms with Gasteiger partial charge in [-0.05, 0) is 32.7 Å². The van der Waals surface area contributed by atoms with E-state index in [1.54, 1.807) is 0 Å². The van der Waals surface area contributed by atoms with Crippen molar-refractivity contribution < 1.29 is 4.79 Å². The lowest BCUT2D eigenvalue weighted by Gasteiger charge is -2.42. The molecule has 3 nitrogen and oxygen atoms in total. The molecule has 1 saturated carbocycles. The van der Waals surface area contributed by atoms with E-state index in [9.17, 15) is 4.79 Å². The number of rotatable bonds is 3. The van der Waals surface area contributed by atoms with E-state index >= 15 is 0 Å². The van der Waals surface area contributed by atoms with Crippen LogP contribution in [0.3, 0.4) is 0 Å². The minimum Gasteiger partial charge on any atom is -0.342 e. The number of piperidine rings is 1. The highest BCUT2D eigenvalue weighted by molar-refractivity contribution is 5.78. The van der Waals surface area contributed by atoms with E-state index in [4.69, 9.17) is 0 Å². The van der Waals surface area contributed by atoms with E-state index in [1.807, 2.05) is 13.8 Å². The quantitative estimate of drug-likeness (QED) is 0.784. The highest BCUT2D eigenvalue weighted by Crippen LogP contribution is 2.26. The van der Waals surface area contributed by atoms with Crippen LogP contribution in [0.15, 0.2) is 0 Å². The largest absolute Gasteiger partial charge is 0.342 e. The zero-order chi connectivity index (χ0) is 13.8. The number of hydrogen-bond acceptors (Lipinski definition) is 2. The molecule has 2 fully saturated rings. The van der Waals surface area contributed by atoms with Gasteiger partial charge in [-0.15, -0.1) is 0 Å². The van der Waals surface area contributed by atoms with E-state index in [1.165, 1.54) is 32.1 Å². The van der Waals surface area contributed by atoms with Gasteiger partial charge in [0.25, 0.3) is 0 Å². The van der Waals surface area contributed by atoms with Crippen LogP contribution < -0.4 is 0 Å². The third-order valence-electron chi connectivity index (χ3n) is 5.00. The van der Waals surface area contributed by atoms with Crippen LogP contribution >= 0.6 is 0 Å². The molecule has 0 unspecified atom stereocenters. The summed E-state index contributed by atoms with van der Waals surface area (Å²) in [5, 5.41) is 0. The van der Waals surface area contributed by atoms with Crippen LogP contribution in [-0.4, -0.2) is 47.9 Å². The Morgan fingerprint density at radius 2 is 1.53 bits per heavy atom. The molecule has 3 heteroatoms. The molecule has 0 aromatic carbocycles. The van der Waals surface area contributed by atoms with Crippen LogP contribution in [0.2, 0.25) is 0 Å². The lowest BCUT2D eigenvalue weighted by Crippen LogP contribution is -2.49. The Labute approximate surface area is 118 Å². The Kier molecular flexibility index (Phi) is 5.26. The number of nitrogens with zero attached hydrogens (tertiary/aromatic N) is 2. The van der Waals surface area contributed by atoms with Gasteiger partial charge in [-0.2, -0.15) is 0 Å². The maximum absolute atomic E-state index is 12.0. The van der Waals surface area contributed by atoms with Crippen LogP contribution in [0.1, 0.15) is 58.8 Å². The van der Waals surface area contributed by atoms with E-state index in [0.717, 1.165) is 32.0 Å². The van der Waals surface area contributed by atoms with Crippen molar-refractivity contribution in [3.63, 3.8) is 0 Å². The Morgan fingerprint density at radius 1 is 1.00 bits per heavy atom. The van der Waals surface area contributed by atoms with Gasteiger partial charge in [0, 0.05) is 31.1 Å². The smallest absolute Gasteiger partial charge is 0.225 e. The molecular formula is C16H30N2O. The van der Waals surface area contributed by atoms with E-state index in [0.29, 0.717) is 11.9 Å². The van der Waals surface area contributed by atoms with Crippen LogP contribution in [-0.2, 0) is 4.79 Å². The molecule has 19 heavy (non-hydrogen) atoms. The number of amides is 1. The van der Waals surface area contributed by atoms with E-state index in [-0.39, 0.29) is 5.92 Å². The van der Waals surface area contributed by atoms with Crippen LogP contribution in [0.5, 0.6) is 0 Å². The van der Waals surface area contributed by atoms with E-state index < -0.39 is 0 Å². The topological polar surface area (TPSA) is 23.6 Å². The Balaban J connectivity index is 1.80. The van der Waals surface area contributed by atoms with Gasteiger partial charge in [0.05, 0.1) is 0 Å². The summed E-state index contributed by atoms with van der Waals surface area (Å²) in [7, 11) is 2.31. The number of likely N-dealkylation sites (tertiary alicyclic amines) is 1. The average molecular weight is 266 g/mol. The molecule has 0 aromatic rings. The first-order valence-corrected chi connectivity index (χ1v) is 8.10. The Bertz CT molecular complexity index is 289. The standard InChI is InChI=1S/C16H30N2O/c1-13(2)16(19)18-11-9-15(10-12-18)17(3)14-7-5-4-6-8-14/h13-15H,4-12H2,1-3H3. The first kappa shape index (κ1) is 14.8. The second-order valence-electron chi connectivity index (χ2n) is 6.67. The zero-order valence-corrected chi connectivity index (χ0v) is 12.9. The normalized spacial score (nSPS) is 23.3. The van der Waals surface area contributed by atoms with Crippen molar-refractivity contribution in [2.24, 2.45) is 5.92 Å². The van der Waals surface area contributed by atoms with Crippen LogP contribution in [0.4, 0.5) is 0 Å². The van der Waals surface area contributed by atoms with Crippen molar-refractivity contribution in [1.82, 2.24) is 9.80 Å². The van der Waals surface area contributed by atoms with Gasteiger partial charge in [-0.1, -0.05) is 33.1 Å². The minimum atomic E-state index is 0.146. The van der Waals surface area contributed by atoms with Gasteiger partial charge in [0.15, 0.2) is 0 Å². The lowest BCUT2D eigenvalue weighted by atomic mass is 9.91. The third kappa shape index (κ3) is 3.71. The fraction of sp³-hybridized carbons (Fsp3) is 0.938. The fourth-order valence-corrected chi connectivity index (χ4v) is 3.65. The first-order chi connectivity index (χ1) is 9.09. The molecule has 2 aliphatic rings. The van der Waals surface area contributed by atoms with Crippen molar-refractivity contribution in [2.45, 2.75) is 70.9 Å². The summed E-state index contributed by atoms with van der Waals surface area (Å²) in [5.74, 6) is 0.478. The van der Waals surface area contributed by atoms with Crippen molar-refractivity contribution in [2.75, 3.05) is 20.1 Å². The maximum Gasteiger partial charge on any atom is 0.225 e. The molecular weight excluding hydrogens is 236 g/mol. The van der Waals surface area contributed by atoms with Crippen molar-refractivity contribution in [3.05, 3.63) is 0 Å². The molecule has 1 saturated heterocycles. The molecule has 110 valence electrons. The number of carbonyl (C=O) groups excluding carboxylic acids is 1. The van der Waals surface area contributed by atoms with Gasteiger partial charge >= 0.3 is 0 Å². The lowest BCUT2D eigenvalue weighted by molar-refractivity contribution is -0.136. The van der Waals surface area contributed by atoms with Crippen molar-refractivity contribution >= 4 is 5.91 Å². The third-order valence-corrected chi connectivity index (χ3v) is 5.00. The predicted molar refractivity (Wildman–Crippen MR) is 79.1 cm³/mol. The molecule has 0 aromatic heterocycles. The monoisotopic (exact) mass is 266 g/mol. The molecule has 2 rings (SSSR count). The van der Waals surface area contributed by atoms with Gasteiger partial charge in [0.2, 0.25) is 5.91 Å². The molecule has 0 bridgehead atoms. The number of hydrogen-bond donors (Lipinski definition) is 0. The molecule has 0 radical (unpaired) electrons. The van der Waals surface area contributed by atoms with Gasteiger partial charge in [-0.25, -0.2) is 0 Å². The summed E-state index contributed by atoms with van der Waals surface area (Å²) in [6.07, 6.45) is 9.30. The highest BCUT2D eigenvalue weighted by atomic mass is 16.2. The molecule has 1 aliphatic carbocycles. The van der Waals surface area contributed by atoms with Crippen molar-refractivity contribution in [3.8, 4) is 0 Å². The predicted octanol–water partition coefficient (Wildman–Crippen LogP) is 2.90. The van der Waals surface area contributed by atoms with Gasteiger partial charge in [-0.3, -0.25) is 4.79 Å². The average Bonchev–Trinajstić information content (AvgIpc) is 2.46. The minimum absolute atomic E-state index is 0.146. The van der Waals surface area contributed by atoms with Crippen LogP contribution in [0, 0.1) is 5.92 Å². The summed E-state index contributed by atoms with van der Waals surface area (Å²) >= 11 is 0. The van der Waals surface area contributed by atoms with E-state index in [2.05, 4.69) is 16.8 Å². The second kappa shape index (κ2) is 6.74. The maximum atomic E-state index is 12.0. The van der Waals surface area contributed by atoms with Gasteiger partial charge < -0.3 is 9.80 Å². The summed E-state index contributed by atoms with van der Waals surface area (Å²) in [6.45, 7) is 5.92. The summed E-state index contributed by atoms with van der Waals surface area (Å²) in [6, 6.07) is 1.49. The Morgan fingerprint density at radius 3 is 2.05 bits per heavy atom. The molecule has 1 amide bonds. The second-order valence-corrected chi connectivity index (χ2v) is 6.67. The summed E-state index contributed by atoms with van der Waals surface area (Å²) < 4.78 is 0. The SMILES string of the molecule is CC(C)C(=O)N1CCC(N(C)C2CCCCC2)CC1. The van der Waals surface area contributed by atoms with Gasteiger partial charge in [0.1, 0.15) is 0 Å². The molecule has 0 atom stereocenters. The molecule has 0 spiro atoms. The number of carbonyl (C=O) groups is 1.